The molecule has 1 saturated heterocycles. The summed E-state index contributed by atoms with van der Waals surface area (Å²) in [5.74, 6) is 3.08. The Morgan fingerprint density at radius 1 is 0.754 bits per heavy atom. The summed E-state index contributed by atoms with van der Waals surface area (Å²) in [4.78, 5) is 38.2. The molecule has 372 valence electrons. The van der Waals surface area contributed by atoms with E-state index in [4.69, 9.17) is 33.4 Å². The highest BCUT2D eigenvalue weighted by atomic mass is 16.5. The van der Waals surface area contributed by atoms with E-state index in [1.54, 1.807) is 79.1 Å². The molecule has 5 aromatic rings. The number of hydrogen-bond acceptors (Lipinski definition) is 11. The molecule has 0 radical (unpaired) electrons. The molecule has 4 aromatic carbocycles. The summed E-state index contributed by atoms with van der Waals surface area (Å²) in [6.07, 6.45) is 7.52. The number of fused-ring (bicyclic) bond motifs is 1. The van der Waals surface area contributed by atoms with E-state index < -0.39 is 0 Å². The van der Waals surface area contributed by atoms with Crippen LogP contribution in [0.2, 0.25) is 0 Å². The first-order valence-corrected chi connectivity index (χ1v) is 23.8. The lowest BCUT2D eigenvalue weighted by Gasteiger charge is -2.27. The van der Waals surface area contributed by atoms with E-state index in [0.717, 1.165) is 72.3 Å². The van der Waals surface area contributed by atoms with Gasteiger partial charge in [-0.15, -0.1) is 0 Å². The van der Waals surface area contributed by atoms with Crippen LogP contribution in [0.15, 0.2) is 92.0 Å². The molecule has 1 unspecified atom stereocenters. The van der Waals surface area contributed by atoms with Gasteiger partial charge >= 0.3 is 0 Å². The molecular formula is C56H75N5O8. The van der Waals surface area contributed by atoms with Crippen LogP contribution in [-0.4, -0.2) is 115 Å². The Bertz CT molecular complexity index is 2410. The van der Waals surface area contributed by atoms with Gasteiger partial charge in [0.1, 0.15) is 0 Å². The highest BCUT2D eigenvalue weighted by molar-refractivity contribution is 6.07. The van der Waals surface area contributed by atoms with Crippen LogP contribution in [0.5, 0.6) is 34.5 Å². The Morgan fingerprint density at radius 2 is 1.33 bits per heavy atom. The Labute approximate surface area is 411 Å². The van der Waals surface area contributed by atoms with Crippen LogP contribution in [-0.2, 0) is 6.54 Å². The third kappa shape index (κ3) is 14.7. The highest BCUT2D eigenvalue weighted by Gasteiger charge is 2.27. The molecule has 0 aliphatic carbocycles. The van der Waals surface area contributed by atoms with Crippen molar-refractivity contribution in [2.24, 2.45) is 5.92 Å². The van der Waals surface area contributed by atoms with Crippen molar-refractivity contribution in [2.45, 2.75) is 66.0 Å². The molecular weight excluding hydrogens is 871 g/mol. The monoisotopic (exact) mass is 946 g/mol. The van der Waals surface area contributed by atoms with Crippen LogP contribution in [0.4, 0.5) is 5.69 Å². The number of anilines is 1. The van der Waals surface area contributed by atoms with Crippen molar-refractivity contribution in [3.8, 4) is 34.5 Å². The van der Waals surface area contributed by atoms with E-state index in [9.17, 15) is 9.59 Å². The number of nitrogens with one attached hydrogen (secondary N) is 1. The number of carbonyl (C=O) groups is 2. The van der Waals surface area contributed by atoms with Crippen LogP contribution in [0.3, 0.4) is 0 Å². The third-order valence-corrected chi connectivity index (χ3v) is 11.9. The zero-order chi connectivity index (χ0) is 50.5. The number of methoxy groups -OCH3 is 6. The average Bonchev–Trinajstić information content (AvgIpc) is 3.81. The molecule has 0 bridgehead atoms. The predicted molar refractivity (Wildman–Crippen MR) is 281 cm³/mol. The molecule has 0 spiro atoms. The maximum atomic E-state index is 13.7. The second-order valence-corrected chi connectivity index (χ2v) is 16.7. The molecule has 2 heterocycles. The largest absolute Gasteiger partial charge is 0.493 e. The molecule has 69 heavy (non-hydrogen) atoms. The molecule has 1 aliphatic rings. The van der Waals surface area contributed by atoms with E-state index >= 15 is 0 Å². The molecule has 1 aliphatic heterocycles. The Kier molecular flexibility index (Phi) is 22.4. The molecule has 1 atom stereocenters. The van der Waals surface area contributed by atoms with Crippen molar-refractivity contribution in [3.63, 3.8) is 0 Å². The van der Waals surface area contributed by atoms with Crippen LogP contribution in [0.1, 0.15) is 91.0 Å². The minimum absolute atomic E-state index is 0.116. The van der Waals surface area contributed by atoms with Gasteiger partial charge in [0.15, 0.2) is 23.0 Å². The number of hydrogen-bond donors (Lipinski definition) is 1. The SMILES string of the molecule is C=Cc1ccc(CN(CCC2CCCN2C)C(=O)c2cc(OC)c(OC)c(OC)c2)nc1C=C.CC.COc1cc(C(=O)N(CCCNCC(C)C)c2ccc3ccccc3c2)cc(OC)c1OC. The van der Waals surface area contributed by atoms with Gasteiger partial charge in [0, 0.05) is 35.9 Å². The number of pyridine rings is 1. The van der Waals surface area contributed by atoms with Gasteiger partial charge in [0.25, 0.3) is 11.8 Å². The summed E-state index contributed by atoms with van der Waals surface area (Å²) in [5.41, 5.74) is 4.27. The lowest BCUT2D eigenvalue weighted by atomic mass is 10.1. The molecule has 6 rings (SSSR count). The third-order valence-electron chi connectivity index (χ3n) is 11.9. The van der Waals surface area contributed by atoms with Crippen LogP contribution >= 0.6 is 0 Å². The molecule has 1 fully saturated rings. The van der Waals surface area contributed by atoms with Crippen molar-refractivity contribution in [1.29, 1.82) is 0 Å². The van der Waals surface area contributed by atoms with Gasteiger partial charge in [0.2, 0.25) is 11.5 Å². The normalized spacial score (nSPS) is 13.0. The van der Waals surface area contributed by atoms with E-state index in [0.29, 0.717) is 77.2 Å². The number of carbonyl (C=O) groups excluding carboxylic acids is 2. The first-order valence-electron chi connectivity index (χ1n) is 23.8. The van der Waals surface area contributed by atoms with Crippen molar-refractivity contribution in [3.05, 3.63) is 120 Å². The number of rotatable bonds is 22. The van der Waals surface area contributed by atoms with E-state index in [2.05, 4.69) is 68.5 Å². The van der Waals surface area contributed by atoms with E-state index in [-0.39, 0.29) is 11.8 Å². The zero-order valence-electron chi connectivity index (χ0n) is 42.9. The minimum atomic E-state index is -0.117. The van der Waals surface area contributed by atoms with Crippen molar-refractivity contribution < 1.29 is 38.0 Å². The van der Waals surface area contributed by atoms with Gasteiger partial charge in [-0.2, -0.15) is 0 Å². The number of ether oxygens (including phenoxy) is 6. The molecule has 0 saturated carbocycles. The Hall–Kier alpha value is -6.57. The number of nitrogens with zero attached hydrogens (tertiary/aromatic N) is 4. The number of amides is 2. The van der Waals surface area contributed by atoms with Crippen LogP contribution in [0, 0.1) is 5.92 Å². The van der Waals surface area contributed by atoms with Gasteiger partial charge in [-0.25, -0.2) is 0 Å². The van der Waals surface area contributed by atoms with Gasteiger partial charge in [-0.05, 0) is 123 Å². The summed E-state index contributed by atoms with van der Waals surface area (Å²) >= 11 is 0. The number of benzene rings is 4. The summed E-state index contributed by atoms with van der Waals surface area (Å²) in [5, 5.41) is 5.69. The summed E-state index contributed by atoms with van der Waals surface area (Å²) in [6.45, 7) is 20.5. The zero-order valence-corrected chi connectivity index (χ0v) is 42.9. The average molecular weight is 946 g/mol. The number of aromatic nitrogens is 1. The van der Waals surface area contributed by atoms with E-state index in [1.807, 2.05) is 54.0 Å². The van der Waals surface area contributed by atoms with Crippen molar-refractivity contribution in [1.82, 2.24) is 20.1 Å². The molecule has 2 amide bonds. The number of likely N-dealkylation sites (tertiary alicyclic amines) is 1. The summed E-state index contributed by atoms with van der Waals surface area (Å²) in [6, 6.07) is 25.4. The van der Waals surface area contributed by atoms with Gasteiger partial charge in [0.05, 0.1) is 60.6 Å². The quantitative estimate of drug-likeness (QED) is 0.0667. The molecule has 1 N–H and O–H groups in total. The van der Waals surface area contributed by atoms with Crippen LogP contribution < -0.4 is 38.6 Å². The smallest absolute Gasteiger partial charge is 0.258 e. The second kappa shape index (κ2) is 28.0. The minimum Gasteiger partial charge on any atom is -0.493 e. The van der Waals surface area contributed by atoms with Crippen molar-refractivity contribution in [2.75, 3.05) is 87.3 Å². The van der Waals surface area contributed by atoms with E-state index in [1.165, 1.54) is 6.42 Å². The fraction of sp³-hybridized carbons (Fsp3) is 0.411. The fourth-order valence-electron chi connectivity index (χ4n) is 8.24. The van der Waals surface area contributed by atoms with Crippen LogP contribution in [0.25, 0.3) is 22.9 Å². The first-order chi connectivity index (χ1) is 33.4. The maximum absolute atomic E-state index is 13.7. The van der Waals surface area contributed by atoms with Crippen molar-refractivity contribution >= 4 is 40.4 Å². The topological polar surface area (TPSA) is 124 Å². The summed E-state index contributed by atoms with van der Waals surface area (Å²) in [7, 11) is 11.4. The second-order valence-electron chi connectivity index (χ2n) is 16.7. The maximum Gasteiger partial charge on any atom is 0.258 e. The molecule has 13 heteroatoms. The molecule has 1 aromatic heterocycles. The lowest BCUT2D eigenvalue weighted by Crippen LogP contribution is -2.36. The predicted octanol–water partition coefficient (Wildman–Crippen LogP) is 10.7. The first kappa shape index (κ1) is 55.0. The Balaban J connectivity index is 0.000000290. The highest BCUT2D eigenvalue weighted by Crippen LogP contribution is 2.40. The van der Waals surface area contributed by atoms with Gasteiger partial charge in [-0.1, -0.05) is 83.3 Å². The fourth-order valence-corrected chi connectivity index (χ4v) is 8.24. The van der Waals surface area contributed by atoms with Gasteiger partial charge < -0.3 is 48.4 Å². The Morgan fingerprint density at radius 3 is 1.84 bits per heavy atom. The summed E-state index contributed by atoms with van der Waals surface area (Å²) < 4.78 is 32.7. The molecule has 13 nitrogen and oxygen atoms in total. The standard InChI is InChI=1S/C27H35N3O4.C27H34N2O4.C2H6/c1-7-19-11-12-21(28-23(19)8-2)18-30(15-13-22-10-9-14-29(22)3)27(31)20-16-24(32-4)26(34-6)25(17-20)33-5;1-19(2)18-28-13-8-14-29(23-12-11-20-9-6-7-10-21(20)15-23)27(30)22-16-24(31-3)26(33-5)25(17-22)32-4;1-2/h7-8,11-12,16-17,22H,1-2,9-10,13-15,18H2,3-6H3;6-7,9-12,15-17,19,28H,8,13-14,18H2,1-5H3;1-2H3. The lowest BCUT2D eigenvalue weighted by molar-refractivity contribution is 0.0725. The van der Waals surface area contributed by atoms with Gasteiger partial charge in [-0.3, -0.25) is 14.6 Å².